The molecule has 35 heavy (non-hydrogen) atoms. The maximum atomic E-state index is 13.4. The third-order valence-corrected chi connectivity index (χ3v) is 6.43. The molecule has 3 atom stereocenters. The van der Waals surface area contributed by atoms with Crippen molar-refractivity contribution in [3.05, 3.63) is 95.6 Å². The molecule has 3 aromatic carbocycles. The fourth-order valence-corrected chi connectivity index (χ4v) is 4.78. The van der Waals surface area contributed by atoms with Gasteiger partial charge in [0.25, 0.3) is 5.91 Å². The van der Waals surface area contributed by atoms with Crippen LogP contribution in [0.2, 0.25) is 0 Å². The van der Waals surface area contributed by atoms with Gasteiger partial charge in [-0.1, -0.05) is 66.7 Å². The Morgan fingerprint density at radius 3 is 2.20 bits per heavy atom. The van der Waals surface area contributed by atoms with E-state index in [2.05, 4.69) is 0 Å². The third-order valence-electron chi connectivity index (χ3n) is 6.43. The van der Waals surface area contributed by atoms with Crippen molar-refractivity contribution in [1.29, 1.82) is 0 Å². The molecule has 2 aliphatic rings. The molecule has 0 saturated carbocycles. The van der Waals surface area contributed by atoms with Gasteiger partial charge in [-0.3, -0.25) is 19.3 Å². The summed E-state index contributed by atoms with van der Waals surface area (Å²) >= 11 is 0. The van der Waals surface area contributed by atoms with Gasteiger partial charge in [0.05, 0.1) is 25.1 Å². The van der Waals surface area contributed by atoms with Crippen LogP contribution >= 0.6 is 0 Å². The zero-order valence-electron chi connectivity index (χ0n) is 19.8. The number of hydrogen-bond acceptors (Lipinski definition) is 6. The summed E-state index contributed by atoms with van der Waals surface area (Å²) in [5.74, 6) is 0.0705. The highest BCUT2D eigenvalue weighted by molar-refractivity contribution is 6.07. The van der Waals surface area contributed by atoms with E-state index in [1.807, 2.05) is 85.8 Å². The number of imide groups is 1. The second kappa shape index (κ2) is 9.90. The summed E-state index contributed by atoms with van der Waals surface area (Å²) in [4.78, 5) is 33.7. The Labute approximate surface area is 204 Å². The molecular formula is C28H28N2O5. The molecule has 2 fully saturated rings. The van der Waals surface area contributed by atoms with Crippen molar-refractivity contribution in [3.8, 4) is 11.5 Å². The van der Waals surface area contributed by atoms with Crippen LogP contribution in [0, 0.1) is 5.92 Å². The van der Waals surface area contributed by atoms with Crippen LogP contribution in [-0.4, -0.2) is 41.5 Å². The Morgan fingerprint density at radius 1 is 0.829 bits per heavy atom. The largest absolute Gasteiger partial charge is 0.490 e. The van der Waals surface area contributed by atoms with Crippen molar-refractivity contribution in [1.82, 2.24) is 9.96 Å². The van der Waals surface area contributed by atoms with Crippen molar-refractivity contribution >= 4 is 11.8 Å². The molecule has 0 N–H and O–H groups in total. The fraction of sp³-hybridized carbons (Fsp3) is 0.286. The molecule has 7 heteroatoms. The Hall–Kier alpha value is -3.68. The van der Waals surface area contributed by atoms with E-state index in [0.29, 0.717) is 24.7 Å². The third kappa shape index (κ3) is 4.52. The Morgan fingerprint density at radius 2 is 1.51 bits per heavy atom. The summed E-state index contributed by atoms with van der Waals surface area (Å²) in [6.45, 7) is 3.03. The average molecular weight is 473 g/mol. The highest BCUT2D eigenvalue weighted by Gasteiger charge is 2.58. The van der Waals surface area contributed by atoms with E-state index in [-0.39, 0.29) is 18.4 Å². The van der Waals surface area contributed by atoms with Crippen LogP contribution in [0.5, 0.6) is 11.5 Å². The minimum absolute atomic E-state index is 0.222. The minimum Gasteiger partial charge on any atom is -0.490 e. The Bertz CT molecular complexity index is 1200. The number of fused-ring (bicyclic) bond motifs is 1. The van der Waals surface area contributed by atoms with E-state index in [0.717, 1.165) is 16.7 Å². The monoisotopic (exact) mass is 472 g/mol. The van der Waals surface area contributed by atoms with Gasteiger partial charge in [0.15, 0.2) is 17.6 Å². The molecule has 0 unspecified atom stereocenters. The zero-order valence-corrected chi connectivity index (χ0v) is 19.8. The highest BCUT2D eigenvalue weighted by atomic mass is 16.7. The van der Waals surface area contributed by atoms with E-state index in [9.17, 15) is 9.59 Å². The lowest BCUT2D eigenvalue weighted by Gasteiger charge is -2.25. The SMILES string of the molecule is CCOc1cc([C@@H]2[C@H]3C(=O)N(Cc4ccccc4)C(=O)[C@@H]3ON2C)ccc1OCc1ccccc1. The predicted octanol–water partition coefficient (Wildman–Crippen LogP) is 4.14. The van der Waals surface area contributed by atoms with Gasteiger partial charge in [0.2, 0.25) is 5.91 Å². The molecule has 180 valence electrons. The van der Waals surface area contributed by atoms with Crippen LogP contribution < -0.4 is 9.47 Å². The number of carbonyl (C=O) groups excluding carboxylic acids is 2. The first-order chi connectivity index (χ1) is 17.1. The van der Waals surface area contributed by atoms with Gasteiger partial charge in [0.1, 0.15) is 6.61 Å². The van der Waals surface area contributed by atoms with Crippen molar-refractivity contribution in [3.63, 3.8) is 0 Å². The summed E-state index contributed by atoms with van der Waals surface area (Å²) in [6.07, 6.45) is -0.828. The van der Waals surface area contributed by atoms with Crippen LogP contribution in [0.15, 0.2) is 78.9 Å². The Kier molecular flexibility index (Phi) is 6.53. The van der Waals surface area contributed by atoms with Crippen molar-refractivity contribution < 1.29 is 23.9 Å². The number of carbonyl (C=O) groups is 2. The lowest BCUT2D eigenvalue weighted by Crippen LogP contribution is -2.35. The van der Waals surface area contributed by atoms with E-state index in [1.165, 1.54) is 4.90 Å². The molecule has 5 rings (SSSR count). The number of rotatable bonds is 8. The summed E-state index contributed by atoms with van der Waals surface area (Å²) in [5, 5.41) is 1.61. The first-order valence-electron chi connectivity index (χ1n) is 11.8. The lowest BCUT2D eigenvalue weighted by molar-refractivity contribution is -0.170. The molecule has 0 bridgehead atoms. The van der Waals surface area contributed by atoms with Gasteiger partial charge in [0, 0.05) is 7.05 Å². The number of hydroxylamine groups is 2. The average Bonchev–Trinajstić information content (AvgIpc) is 3.33. The molecular weight excluding hydrogens is 444 g/mol. The normalized spacial score (nSPS) is 21.9. The quantitative estimate of drug-likeness (QED) is 0.459. The van der Waals surface area contributed by atoms with Crippen LogP contribution in [0.4, 0.5) is 0 Å². The molecule has 2 aliphatic heterocycles. The molecule has 0 aliphatic carbocycles. The molecule has 2 amide bonds. The predicted molar refractivity (Wildman–Crippen MR) is 129 cm³/mol. The van der Waals surface area contributed by atoms with Crippen LogP contribution in [0.25, 0.3) is 0 Å². The van der Waals surface area contributed by atoms with Crippen molar-refractivity contribution in [2.75, 3.05) is 13.7 Å². The molecule has 7 nitrogen and oxygen atoms in total. The van der Waals surface area contributed by atoms with Gasteiger partial charge in [-0.15, -0.1) is 0 Å². The number of nitrogens with zero attached hydrogens (tertiary/aromatic N) is 2. The molecule has 3 aromatic rings. The van der Waals surface area contributed by atoms with Gasteiger partial charge >= 0.3 is 0 Å². The standard InChI is InChI=1S/C28H28N2O5/c1-3-33-23-16-21(14-15-22(23)34-18-20-12-8-5-9-13-20)25-24-26(35-29(25)2)28(32)30(27(24)31)17-19-10-6-4-7-11-19/h4-16,24-26H,3,17-18H2,1-2H3/t24-,25-,26-/m1/s1. The first-order valence-corrected chi connectivity index (χ1v) is 11.8. The van der Waals surface area contributed by atoms with Crippen LogP contribution in [0.1, 0.15) is 29.7 Å². The lowest BCUT2D eigenvalue weighted by atomic mass is 9.91. The number of benzene rings is 3. The van der Waals surface area contributed by atoms with E-state index < -0.39 is 18.1 Å². The molecule has 2 saturated heterocycles. The molecule has 0 radical (unpaired) electrons. The molecule has 0 aromatic heterocycles. The van der Waals surface area contributed by atoms with E-state index in [4.69, 9.17) is 14.3 Å². The Balaban J connectivity index is 1.39. The van der Waals surface area contributed by atoms with Crippen LogP contribution in [-0.2, 0) is 27.6 Å². The summed E-state index contributed by atoms with van der Waals surface area (Å²) in [5.41, 5.74) is 2.79. The fourth-order valence-electron chi connectivity index (χ4n) is 4.78. The van der Waals surface area contributed by atoms with Gasteiger partial charge in [-0.2, -0.15) is 5.06 Å². The smallest absolute Gasteiger partial charge is 0.261 e. The maximum absolute atomic E-state index is 13.4. The second-order valence-electron chi connectivity index (χ2n) is 8.70. The van der Waals surface area contributed by atoms with Gasteiger partial charge in [-0.25, -0.2) is 0 Å². The minimum atomic E-state index is -0.828. The van der Waals surface area contributed by atoms with Gasteiger partial charge < -0.3 is 9.47 Å². The second-order valence-corrected chi connectivity index (χ2v) is 8.70. The number of ether oxygens (including phenoxy) is 2. The van der Waals surface area contributed by atoms with Crippen molar-refractivity contribution in [2.24, 2.45) is 5.92 Å². The number of hydrogen-bond donors (Lipinski definition) is 0. The first kappa shape index (κ1) is 23.1. The summed E-state index contributed by atoms with van der Waals surface area (Å²) in [6, 6.07) is 24.6. The highest BCUT2D eigenvalue weighted by Crippen LogP contribution is 2.45. The van der Waals surface area contributed by atoms with E-state index in [1.54, 1.807) is 12.1 Å². The number of likely N-dealkylation sites (tertiary alicyclic amines) is 1. The summed E-state index contributed by atoms with van der Waals surface area (Å²) in [7, 11) is 1.76. The summed E-state index contributed by atoms with van der Waals surface area (Å²) < 4.78 is 11.9. The van der Waals surface area contributed by atoms with E-state index >= 15 is 0 Å². The zero-order chi connectivity index (χ0) is 24.4. The topological polar surface area (TPSA) is 68.3 Å². The maximum Gasteiger partial charge on any atom is 0.261 e. The van der Waals surface area contributed by atoms with Crippen molar-refractivity contribution in [2.45, 2.75) is 32.2 Å². The van der Waals surface area contributed by atoms with Crippen LogP contribution in [0.3, 0.4) is 0 Å². The molecule has 2 heterocycles. The molecule has 0 spiro atoms. The number of amides is 2. The van der Waals surface area contributed by atoms with Gasteiger partial charge in [-0.05, 0) is 35.7 Å².